The molecule has 0 N–H and O–H groups in total. The zero-order valence-corrected chi connectivity index (χ0v) is 10.4. The van der Waals surface area contributed by atoms with Gasteiger partial charge < -0.3 is 4.90 Å². The van der Waals surface area contributed by atoms with E-state index in [1.54, 1.807) is 6.07 Å². The minimum atomic E-state index is -0.108. The fraction of sp³-hybridized carbons (Fsp3) is 0.500. The van der Waals surface area contributed by atoms with E-state index in [1.807, 2.05) is 6.07 Å². The summed E-state index contributed by atoms with van der Waals surface area (Å²) in [5.74, 6) is -0.108. The standard InChI is InChI=1S/C12H15BrFN/c1-2-15(9-6-7-9)12-5-3-4-11(14)10(12)8-13/h3-5,9H,2,6-8H2,1H3. The van der Waals surface area contributed by atoms with Crippen molar-refractivity contribution in [1.82, 2.24) is 0 Å². The van der Waals surface area contributed by atoms with Gasteiger partial charge in [0, 0.05) is 29.2 Å². The van der Waals surface area contributed by atoms with Crippen LogP contribution in [0.15, 0.2) is 18.2 Å². The largest absolute Gasteiger partial charge is 0.368 e. The van der Waals surface area contributed by atoms with Gasteiger partial charge in [-0.25, -0.2) is 4.39 Å². The lowest BCUT2D eigenvalue weighted by atomic mass is 10.1. The van der Waals surface area contributed by atoms with Crippen LogP contribution in [0.4, 0.5) is 10.1 Å². The van der Waals surface area contributed by atoms with Gasteiger partial charge in [-0.15, -0.1) is 0 Å². The van der Waals surface area contributed by atoms with Crippen LogP contribution < -0.4 is 4.90 Å². The highest BCUT2D eigenvalue weighted by molar-refractivity contribution is 9.08. The lowest BCUT2D eigenvalue weighted by molar-refractivity contribution is 0.616. The zero-order valence-electron chi connectivity index (χ0n) is 8.84. The normalized spacial score (nSPS) is 15.4. The molecule has 3 heteroatoms. The molecule has 1 saturated carbocycles. The van der Waals surface area contributed by atoms with E-state index in [1.165, 1.54) is 18.9 Å². The molecule has 0 aromatic heterocycles. The highest BCUT2D eigenvalue weighted by atomic mass is 79.9. The van der Waals surface area contributed by atoms with E-state index in [0.717, 1.165) is 17.8 Å². The fourth-order valence-electron chi connectivity index (χ4n) is 1.96. The quantitative estimate of drug-likeness (QED) is 0.755. The average Bonchev–Trinajstić information content (AvgIpc) is 3.04. The first-order valence-electron chi connectivity index (χ1n) is 5.38. The molecule has 0 bridgehead atoms. The summed E-state index contributed by atoms with van der Waals surface area (Å²) in [7, 11) is 0. The molecule has 2 rings (SSSR count). The summed E-state index contributed by atoms with van der Waals surface area (Å²) in [6, 6.07) is 5.97. The van der Waals surface area contributed by atoms with E-state index in [4.69, 9.17) is 0 Å². The average molecular weight is 272 g/mol. The first-order chi connectivity index (χ1) is 7.27. The Morgan fingerprint density at radius 2 is 2.20 bits per heavy atom. The maximum Gasteiger partial charge on any atom is 0.129 e. The number of alkyl halides is 1. The summed E-state index contributed by atoms with van der Waals surface area (Å²) >= 11 is 3.36. The molecule has 1 aromatic rings. The third kappa shape index (κ3) is 2.17. The molecule has 1 aliphatic carbocycles. The number of halogens is 2. The Morgan fingerprint density at radius 3 is 2.73 bits per heavy atom. The summed E-state index contributed by atoms with van der Waals surface area (Å²) in [5, 5.41) is 0.582. The van der Waals surface area contributed by atoms with Crippen molar-refractivity contribution < 1.29 is 4.39 Å². The van der Waals surface area contributed by atoms with Crippen molar-refractivity contribution in [3.05, 3.63) is 29.6 Å². The van der Waals surface area contributed by atoms with Crippen LogP contribution in [0, 0.1) is 5.82 Å². The summed E-state index contributed by atoms with van der Waals surface area (Å²) in [6.45, 7) is 3.08. The molecule has 1 nitrogen and oxygen atoms in total. The van der Waals surface area contributed by atoms with Gasteiger partial charge in [-0.2, -0.15) is 0 Å². The summed E-state index contributed by atoms with van der Waals surface area (Å²) < 4.78 is 13.6. The summed E-state index contributed by atoms with van der Waals surface area (Å²) in [4.78, 5) is 2.31. The van der Waals surface area contributed by atoms with Crippen LogP contribution in [0.1, 0.15) is 25.3 Å². The molecule has 0 heterocycles. The van der Waals surface area contributed by atoms with Crippen molar-refractivity contribution in [1.29, 1.82) is 0 Å². The van der Waals surface area contributed by atoms with Gasteiger partial charge in [-0.05, 0) is 31.9 Å². The maximum atomic E-state index is 13.6. The first kappa shape index (κ1) is 10.9. The Hall–Kier alpha value is -0.570. The highest BCUT2D eigenvalue weighted by Gasteiger charge is 2.29. The topological polar surface area (TPSA) is 3.24 Å². The molecular formula is C12H15BrFN. The molecule has 0 radical (unpaired) electrons. The van der Waals surface area contributed by atoms with Crippen molar-refractivity contribution in [2.24, 2.45) is 0 Å². The summed E-state index contributed by atoms with van der Waals surface area (Å²) in [5.41, 5.74) is 1.84. The third-order valence-electron chi connectivity index (χ3n) is 2.87. The molecule has 0 aliphatic heterocycles. The number of rotatable bonds is 4. The lowest BCUT2D eigenvalue weighted by Crippen LogP contribution is -2.26. The Balaban J connectivity index is 2.36. The van der Waals surface area contributed by atoms with E-state index >= 15 is 0 Å². The van der Waals surface area contributed by atoms with E-state index in [-0.39, 0.29) is 5.82 Å². The van der Waals surface area contributed by atoms with Crippen molar-refractivity contribution in [2.45, 2.75) is 31.1 Å². The third-order valence-corrected chi connectivity index (χ3v) is 3.43. The Bertz CT molecular complexity index is 349. The smallest absolute Gasteiger partial charge is 0.129 e. The van der Waals surface area contributed by atoms with Gasteiger partial charge in [-0.1, -0.05) is 22.0 Å². The lowest BCUT2D eigenvalue weighted by Gasteiger charge is -2.25. The Morgan fingerprint density at radius 1 is 1.47 bits per heavy atom. The highest BCUT2D eigenvalue weighted by Crippen LogP contribution is 2.34. The second-order valence-electron chi connectivity index (χ2n) is 3.89. The van der Waals surface area contributed by atoms with Crippen LogP contribution in [0.3, 0.4) is 0 Å². The molecule has 1 aliphatic rings. The van der Waals surface area contributed by atoms with Gasteiger partial charge in [-0.3, -0.25) is 0 Å². The number of nitrogens with zero attached hydrogens (tertiary/aromatic N) is 1. The second kappa shape index (κ2) is 4.52. The molecular weight excluding hydrogens is 257 g/mol. The van der Waals surface area contributed by atoms with E-state index < -0.39 is 0 Å². The zero-order chi connectivity index (χ0) is 10.8. The van der Waals surface area contributed by atoms with Crippen LogP contribution in [-0.2, 0) is 5.33 Å². The van der Waals surface area contributed by atoms with Crippen molar-refractivity contribution in [3.8, 4) is 0 Å². The Labute approximate surface area is 98.4 Å². The van der Waals surface area contributed by atoms with Crippen molar-refractivity contribution in [3.63, 3.8) is 0 Å². The molecule has 1 fully saturated rings. The van der Waals surface area contributed by atoms with Crippen LogP contribution in [-0.4, -0.2) is 12.6 Å². The molecule has 0 atom stereocenters. The molecule has 0 amide bonds. The maximum absolute atomic E-state index is 13.6. The van der Waals surface area contributed by atoms with Gasteiger partial charge in [0.25, 0.3) is 0 Å². The van der Waals surface area contributed by atoms with Gasteiger partial charge in [0.2, 0.25) is 0 Å². The van der Waals surface area contributed by atoms with Crippen LogP contribution in [0.25, 0.3) is 0 Å². The van der Waals surface area contributed by atoms with Gasteiger partial charge in [0.15, 0.2) is 0 Å². The molecule has 0 saturated heterocycles. The minimum Gasteiger partial charge on any atom is -0.368 e. The van der Waals surface area contributed by atoms with E-state index in [9.17, 15) is 4.39 Å². The minimum absolute atomic E-state index is 0.108. The van der Waals surface area contributed by atoms with Gasteiger partial charge in [0.05, 0.1) is 0 Å². The predicted octanol–water partition coefficient (Wildman–Crippen LogP) is 3.71. The fourth-order valence-corrected chi connectivity index (χ4v) is 2.52. The van der Waals surface area contributed by atoms with E-state index in [2.05, 4.69) is 27.8 Å². The number of hydrogen-bond acceptors (Lipinski definition) is 1. The molecule has 0 spiro atoms. The SMILES string of the molecule is CCN(c1cccc(F)c1CBr)C1CC1. The molecule has 0 unspecified atom stereocenters. The molecule has 15 heavy (non-hydrogen) atoms. The summed E-state index contributed by atoms with van der Waals surface area (Å²) in [6.07, 6.45) is 2.48. The number of anilines is 1. The first-order valence-corrected chi connectivity index (χ1v) is 6.50. The van der Waals surface area contributed by atoms with Crippen molar-refractivity contribution >= 4 is 21.6 Å². The monoisotopic (exact) mass is 271 g/mol. The number of benzene rings is 1. The van der Waals surface area contributed by atoms with Crippen LogP contribution in [0.2, 0.25) is 0 Å². The van der Waals surface area contributed by atoms with E-state index in [0.29, 0.717) is 11.4 Å². The molecule has 1 aromatic carbocycles. The predicted molar refractivity (Wildman–Crippen MR) is 65.1 cm³/mol. The van der Waals surface area contributed by atoms with Gasteiger partial charge in [0.1, 0.15) is 5.82 Å². The molecule has 82 valence electrons. The van der Waals surface area contributed by atoms with Crippen LogP contribution in [0.5, 0.6) is 0 Å². The second-order valence-corrected chi connectivity index (χ2v) is 4.45. The number of hydrogen-bond donors (Lipinski definition) is 0. The Kier molecular flexibility index (Phi) is 3.29. The van der Waals surface area contributed by atoms with Crippen molar-refractivity contribution in [2.75, 3.05) is 11.4 Å². The van der Waals surface area contributed by atoms with Crippen LogP contribution >= 0.6 is 15.9 Å². The van der Waals surface area contributed by atoms with Gasteiger partial charge >= 0.3 is 0 Å².